The summed E-state index contributed by atoms with van der Waals surface area (Å²) in [4.78, 5) is 29.7. The number of carbonyl (C=O) groups is 2. The van der Waals surface area contributed by atoms with E-state index in [4.69, 9.17) is 9.47 Å². The molecule has 0 atom stereocenters. The zero-order valence-corrected chi connectivity index (χ0v) is 18.4. The van der Waals surface area contributed by atoms with Crippen molar-refractivity contribution in [2.24, 2.45) is 0 Å². The number of methoxy groups -OCH3 is 2. The molecule has 1 heterocycles. The van der Waals surface area contributed by atoms with Gasteiger partial charge in [0, 0.05) is 37.4 Å². The number of amides is 2. The molecule has 0 bridgehead atoms. The van der Waals surface area contributed by atoms with Crippen molar-refractivity contribution in [2.45, 2.75) is 26.1 Å². The summed E-state index contributed by atoms with van der Waals surface area (Å²) in [7, 11) is 3.07. The van der Waals surface area contributed by atoms with Gasteiger partial charge in [0.15, 0.2) is 6.29 Å². The number of benzene rings is 2. The number of fused-ring (bicyclic) bond motifs is 1. The van der Waals surface area contributed by atoms with Crippen LogP contribution >= 0.6 is 0 Å². The van der Waals surface area contributed by atoms with Crippen LogP contribution < -0.4 is 10.9 Å². The minimum Gasteiger partial charge on any atom is -0.352 e. The number of nitrogens with one attached hydrogen (secondary N) is 2. The van der Waals surface area contributed by atoms with Crippen molar-refractivity contribution in [1.82, 2.24) is 15.8 Å². The Bertz CT molecular complexity index is 1110. The highest BCUT2D eigenvalue weighted by Crippen LogP contribution is 2.27. The van der Waals surface area contributed by atoms with Crippen molar-refractivity contribution in [3.8, 4) is 0 Å². The molecule has 0 saturated heterocycles. The van der Waals surface area contributed by atoms with Gasteiger partial charge in [-0.25, -0.2) is 0 Å². The van der Waals surface area contributed by atoms with Gasteiger partial charge in [-0.3, -0.25) is 25.4 Å². The third kappa shape index (κ3) is 5.38. The number of pyridine rings is 1. The fourth-order valence-electron chi connectivity index (χ4n) is 3.53. The summed E-state index contributed by atoms with van der Waals surface area (Å²) >= 11 is 0. The Balaban J connectivity index is 1.79. The molecule has 1 aromatic heterocycles. The predicted octanol–water partition coefficient (Wildman–Crippen LogP) is 4.17. The van der Waals surface area contributed by atoms with Crippen LogP contribution in [0.1, 0.15) is 47.5 Å². The molecule has 3 rings (SSSR count). The van der Waals surface area contributed by atoms with Crippen molar-refractivity contribution in [1.29, 1.82) is 0 Å². The topological polar surface area (TPSA) is 89.6 Å². The second-order valence-corrected chi connectivity index (χ2v) is 7.13. The van der Waals surface area contributed by atoms with Gasteiger partial charge in [-0.2, -0.15) is 0 Å². The van der Waals surface area contributed by atoms with Gasteiger partial charge in [0.1, 0.15) is 0 Å². The van der Waals surface area contributed by atoms with Crippen LogP contribution in [0.3, 0.4) is 0 Å². The average molecular weight is 434 g/mol. The zero-order chi connectivity index (χ0) is 22.9. The number of hydrogen-bond acceptors (Lipinski definition) is 5. The Kier molecular flexibility index (Phi) is 8.08. The lowest BCUT2D eigenvalue weighted by Crippen LogP contribution is -2.41. The van der Waals surface area contributed by atoms with Gasteiger partial charge in [-0.1, -0.05) is 55.8 Å². The fourth-order valence-corrected chi connectivity index (χ4v) is 3.53. The lowest BCUT2D eigenvalue weighted by molar-refractivity contribution is -0.117. The van der Waals surface area contributed by atoms with Gasteiger partial charge in [-0.15, -0.1) is 0 Å². The molecule has 32 heavy (non-hydrogen) atoms. The summed E-state index contributed by atoms with van der Waals surface area (Å²) in [5, 5.41) is 0.627. The van der Waals surface area contributed by atoms with Crippen LogP contribution in [0, 0.1) is 0 Å². The van der Waals surface area contributed by atoms with Gasteiger partial charge in [0.25, 0.3) is 11.8 Å². The molecule has 0 aliphatic carbocycles. The quantitative estimate of drug-likeness (QED) is 0.316. The van der Waals surface area contributed by atoms with E-state index in [1.807, 2.05) is 30.3 Å². The number of nitrogens with zero attached hydrogens (tertiary/aromatic N) is 1. The van der Waals surface area contributed by atoms with Crippen LogP contribution in [0.4, 0.5) is 0 Å². The van der Waals surface area contributed by atoms with Gasteiger partial charge < -0.3 is 9.47 Å². The second kappa shape index (κ2) is 11.2. The summed E-state index contributed by atoms with van der Waals surface area (Å²) in [5.74, 6) is -0.844. The van der Waals surface area contributed by atoms with Crippen LogP contribution in [0.5, 0.6) is 0 Å². The maximum atomic E-state index is 12.8. The zero-order valence-electron chi connectivity index (χ0n) is 18.4. The van der Waals surface area contributed by atoms with E-state index in [9.17, 15) is 9.59 Å². The number of rotatable bonds is 8. The molecule has 0 fully saturated rings. The highest BCUT2D eigenvalue weighted by molar-refractivity contribution is 6.07. The standard InChI is InChI=1S/C25H27N3O4/c1-4-9-18(17-10-6-5-7-11-17)16-22(29)27-28-24(30)20-13-14-21(25(31-2)32-3)23-19(20)12-8-15-26-23/h5-8,10-16,25H,4,9H2,1-3H3,(H,27,29)(H,28,30)/b18-16+. The highest BCUT2D eigenvalue weighted by atomic mass is 16.7. The first-order valence-corrected chi connectivity index (χ1v) is 10.4. The van der Waals surface area contributed by atoms with Gasteiger partial charge in [0.05, 0.1) is 11.1 Å². The number of carbonyl (C=O) groups excluding carboxylic acids is 2. The Morgan fingerprint density at radius 3 is 2.44 bits per heavy atom. The van der Waals surface area contributed by atoms with Crippen molar-refractivity contribution in [3.05, 3.63) is 83.6 Å². The molecule has 3 aromatic rings. The monoisotopic (exact) mass is 433 g/mol. The summed E-state index contributed by atoms with van der Waals surface area (Å²) in [6.45, 7) is 2.05. The van der Waals surface area contributed by atoms with Crippen molar-refractivity contribution in [3.63, 3.8) is 0 Å². The molecule has 7 nitrogen and oxygen atoms in total. The minimum atomic E-state index is -0.607. The van der Waals surface area contributed by atoms with Gasteiger partial charge in [-0.05, 0) is 29.7 Å². The molecule has 0 spiro atoms. The first-order chi connectivity index (χ1) is 15.6. The number of hydrazine groups is 1. The molecule has 7 heteroatoms. The smallest absolute Gasteiger partial charge is 0.270 e. The van der Waals surface area contributed by atoms with E-state index in [-0.39, 0.29) is 0 Å². The van der Waals surface area contributed by atoms with Crippen molar-refractivity contribution >= 4 is 28.3 Å². The van der Waals surface area contributed by atoms with Crippen LogP contribution in [0.15, 0.2) is 66.9 Å². The molecule has 0 unspecified atom stereocenters. The minimum absolute atomic E-state index is 0.379. The first-order valence-electron chi connectivity index (χ1n) is 10.4. The summed E-state index contributed by atoms with van der Waals surface area (Å²) in [6.07, 6.45) is 4.20. The van der Waals surface area contributed by atoms with E-state index >= 15 is 0 Å². The van der Waals surface area contributed by atoms with Crippen molar-refractivity contribution in [2.75, 3.05) is 14.2 Å². The Labute approximate surface area is 187 Å². The molecule has 0 aliphatic heterocycles. The van der Waals surface area contributed by atoms with Crippen LogP contribution in [0.2, 0.25) is 0 Å². The molecular weight excluding hydrogens is 406 g/mol. The molecule has 0 radical (unpaired) electrons. The van der Waals surface area contributed by atoms with E-state index in [1.165, 1.54) is 20.3 Å². The maximum absolute atomic E-state index is 12.8. The molecule has 166 valence electrons. The van der Waals surface area contributed by atoms with Crippen LogP contribution in [0.25, 0.3) is 16.5 Å². The van der Waals surface area contributed by atoms with Gasteiger partial charge >= 0.3 is 0 Å². The summed E-state index contributed by atoms with van der Waals surface area (Å²) in [6, 6.07) is 16.6. The summed E-state index contributed by atoms with van der Waals surface area (Å²) in [5.41, 5.74) is 8.54. The van der Waals surface area contributed by atoms with Gasteiger partial charge in [0.2, 0.25) is 0 Å². The highest BCUT2D eigenvalue weighted by Gasteiger charge is 2.18. The summed E-state index contributed by atoms with van der Waals surface area (Å²) < 4.78 is 10.7. The molecule has 2 N–H and O–H groups in total. The third-order valence-corrected chi connectivity index (χ3v) is 5.00. The molecule has 0 aliphatic rings. The van der Waals surface area contributed by atoms with Crippen LogP contribution in [-0.2, 0) is 14.3 Å². The van der Waals surface area contributed by atoms with Crippen molar-refractivity contribution < 1.29 is 19.1 Å². The third-order valence-electron chi connectivity index (χ3n) is 5.00. The molecule has 2 amide bonds. The van der Waals surface area contributed by atoms with E-state index in [1.54, 1.807) is 30.5 Å². The average Bonchev–Trinajstić information content (AvgIpc) is 2.83. The number of aromatic nitrogens is 1. The Hall–Kier alpha value is -3.55. The predicted molar refractivity (Wildman–Crippen MR) is 123 cm³/mol. The van der Waals surface area contributed by atoms with E-state index in [0.717, 1.165) is 24.0 Å². The SMILES string of the molecule is CCC/C(=C\C(=O)NNC(=O)c1ccc(C(OC)OC)c2ncccc12)c1ccccc1. The van der Waals surface area contributed by atoms with E-state index in [2.05, 4.69) is 22.8 Å². The number of ether oxygens (including phenoxy) is 2. The Morgan fingerprint density at radius 2 is 1.75 bits per heavy atom. The first kappa shape index (κ1) is 23.1. The maximum Gasteiger partial charge on any atom is 0.270 e. The number of allylic oxidation sites excluding steroid dienone is 1. The second-order valence-electron chi connectivity index (χ2n) is 7.13. The molecule has 0 saturated carbocycles. The molecular formula is C25H27N3O4. The molecule has 2 aromatic carbocycles. The van der Waals surface area contributed by atoms with E-state index in [0.29, 0.717) is 22.0 Å². The normalized spacial score (nSPS) is 11.6. The lowest BCUT2D eigenvalue weighted by atomic mass is 10.0. The van der Waals surface area contributed by atoms with Crippen LogP contribution in [-0.4, -0.2) is 31.0 Å². The largest absolute Gasteiger partial charge is 0.352 e. The lowest BCUT2D eigenvalue weighted by Gasteiger charge is -2.17. The fraction of sp³-hybridized carbons (Fsp3) is 0.240. The number of hydrogen-bond donors (Lipinski definition) is 2. The Morgan fingerprint density at radius 1 is 1.00 bits per heavy atom. The van der Waals surface area contributed by atoms with E-state index < -0.39 is 18.1 Å².